The number of aliphatic carboxylic acids is 1. The summed E-state index contributed by atoms with van der Waals surface area (Å²) in [5, 5.41) is 9.20. The van der Waals surface area contributed by atoms with E-state index in [0.29, 0.717) is 19.5 Å². The minimum Gasteiger partial charge on any atom is -0.481 e. The zero-order chi connectivity index (χ0) is 16.2. The quantitative estimate of drug-likeness (QED) is 0.922. The van der Waals surface area contributed by atoms with Gasteiger partial charge >= 0.3 is 5.97 Å². The van der Waals surface area contributed by atoms with Crippen molar-refractivity contribution in [2.75, 3.05) is 19.6 Å². The number of carbonyl (C=O) groups is 2. The second-order valence-electron chi connectivity index (χ2n) is 6.58. The van der Waals surface area contributed by atoms with Gasteiger partial charge < -0.3 is 10.0 Å². The third-order valence-electron chi connectivity index (χ3n) is 4.96. The molecule has 2 aliphatic heterocycles. The fourth-order valence-corrected chi connectivity index (χ4v) is 3.70. The van der Waals surface area contributed by atoms with Crippen LogP contribution in [0.1, 0.15) is 31.2 Å². The Morgan fingerprint density at radius 3 is 2.57 bits per heavy atom. The molecule has 2 saturated heterocycles. The van der Waals surface area contributed by atoms with Gasteiger partial charge in [0, 0.05) is 19.6 Å². The molecule has 1 N–H and O–H groups in total. The van der Waals surface area contributed by atoms with Crippen LogP contribution in [0.3, 0.4) is 0 Å². The van der Waals surface area contributed by atoms with E-state index in [1.807, 2.05) is 18.2 Å². The maximum absolute atomic E-state index is 12.9. The molecule has 3 rings (SSSR count). The molecule has 2 aliphatic rings. The molecule has 0 unspecified atom stereocenters. The van der Waals surface area contributed by atoms with Crippen LogP contribution >= 0.6 is 0 Å². The predicted octanol–water partition coefficient (Wildman–Crippen LogP) is 1.97. The van der Waals surface area contributed by atoms with Crippen molar-refractivity contribution in [3.05, 3.63) is 35.9 Å². The maximum Gasteiger partial charge on any atom is 0.308 e. The molecule has 5 heteroatoms. The Bertz CT molecular complexity index is 561. The van der Waals surface area contributed by atoms with Crippen LogP contribution in [0.15, 0.2) is 30.3 Å². The Kier molecular flexibility index (Phi) is 4.96. The highest BCUT2D eigenvalue weighted by Crippen LogP contribution is 2.24. The van der Waals surface area contributed by atoms with Crippen LogP contribution in [-0.4, -0.2) is 52.5 Å². The van der Waals surface area contributed by atoms with Crippen molar-refractivity contribution < 1.29 is 14.7 Å². The lowest BCUT2D eigenvalue weighted by Crippen LogP contribution is -2.50. The minimum atomic E-state index is -0.782. The molecule has 1 aromatic carbocycles. The molecular formula is C18H24N2O3. The fraction of sp³-hybridized carbons (Fsp3) is 0.556. The molecule has 5 nitrogen and oxygen atoms in total. The second kappa shape index (κ2) is 7.13. The molecule has 0 radical (unpaired) electrons. The predicted molar refractivity (Wildman–Crippen MR) is 86.8 cm³/mol. The monoisotopic (exact) mass is 316 g/mol. The molecule has 23 heavy (non-hydrogen) atoms. The van der Waals surface area contributed by atoms with Crippen LogP contribution in [0, 0.1) is 5.92 Å². The first-order chi connectivity index (χ1) is 11.1. The first-order valence-electron chi connectivity index (χ1n) is 8.44. The molecule has 2 fully saturated rings. The van der Waals surface area contributed by atoms with Gasteiger partial charge in [-0.15, -0.1) is 0 Å². The first kappa shape index (κ1) is 16.0. The lowest BCUT2D eigenvalue weighted by molar-refractivity contribution is -0.147. The van der Waals surface area contributed by atoms with Crippen molar-refractivity contribution in [3.8, 4) is 0 Å². The summed E-state index contributed by atoms with van der Waals surface area (Å²) < 4.78 is 0. The molecule has 0 saturated carbocycles. The largest absolute Gasteiger partial charge is 0.481 e. The number of benzene rings is 1. The topological polar surface area (TPSA) is 60.9 Å². The van der Waals surface area contributed by atoms with E-state index in [4.69, 9.17) is 0 Å². The Morgan fingerprint density at radius 1 is 1.09 bits per heavy atom. The van der Waals surface area contributed by atoms with Gasteiger partial charge in [0.25, 0.3) is 0 Å². The lowest BCUT2D eigenvalue weighted by Gasteiger charge is -2.35. The van der Waals surface area contributed by atoms with E-state index in [9.17, 15) is 14.7 Å². The van der Waals surface area contributed by atoms with Crippen LogP contribution in [0.4, 0.5) is 0 Å². The minimum absolute atomic E-state index is 0.0947. The summed E-state index contributed by atoms with van der Waals surface area (Å²) in [5.74, 6) is -1.07. The zero-order valence-corrected chi connectivity index (χ0v) is 13.4. The van der Waals surface area contributed by atoms with Crippen molar-refractivity contribution in [2.45, 2.75) is 38.3 Å². The highest BCUT2D eigenvalue weighted by Gasteiger charge is 2.36. The molecular weight excluding hydrogens is 292 g/mol. The van der Waals surface area contributed by atoms with Gasteiger partial charge in [0.1, 0.15) is 0 Å². The molecule has 124 valence electrons. The van der Waals surface area contributed by atoms with Gasteiger partial charge in [0.15, 0.2) is 0 Å². The van der Waals surface area contributed by atoms with Crippen LogP contribution in [0.5, 0.6) is 0 Å². The highest BCUT2D eigenvalue weighted by molar-refractivity contribution is 5.83. The summed E-state index contributed by atoms with van der Waals surface area (Å²) >= 11 is 0. The van der Waals surface area contributed by atoms with Crippen molar-refractivity contribution in [3.63, 3.8) is 0 Å². The summed E-state index contributed by atoms with van der Waals surface area (Å²) in [6.45, 7) is 2.77. The number of likely N-dealkylation sites (tertiary alicyclic amines) is 2. The first-order valence-corrected chi connectivity index (χ1v) is 8.44. The average molecular weight is 316 g/mol. The van der Waals surface area contributed by atoms with Gasteiger partial charge in [0.2, 0.25) is 5.91 Å². The van der Waals surface area contributed by atoms with Crippen LogP contribution in [0.25, 0.3) is 0 Å². The Labute approximate surface area is 136 Å². The van der Waals surface area contributed by atoms with Gasteiger partial charge in [0.05, 0.1) is 12.0 Å². The van der Waals surface area contributed by atoms with Crippen LogP contribution in [0.2, 0.25) is 0 Å². The van der Waals surface area contributed by atoms with E-state index in [1.165, 1.54) is 5.56 Å². The lowest BCUT2D eigenvalue weighted by atomic mass is 9.97. The van der Waals surface area contributed by atoms with Gasteiger partial charge in [-0.2, -0.15) is 0 Å². The van der Waals surface area contributed by atoms with Gasteiger partial charge in [-0.3, -0.25) is 14.5 Å². The molecule has 2 atom stereocenters. The number of piperidine rings is 1. The van der Waals surface area contributed by atoms with E-state index in [2.05, 4.69) is 17.0 Å². The standard InChI is InChI=1S/C18H24N2O3/c21-17(20-11-4-8-15(13-20)18(22)23)16-9-5-10-19(16)12-14-6-2-1-3-7-14/h1-3,6-7,15-16H,4-5,8-13H2,(H,22,23)/t15-,16-/m1/s1. The maximum atomic E-state index is 12.9. The zero-order valence-electron chi connectivity index (χ0n) is 13.4. The smallest absolute Gasteiger partial charge is 0.308 e. The summed E-state index contributed by atoms with van der Waals surface area (Å²) in [5.41, 5.74) is 1.22. The molecule has 0 aliphatic carbocycles. The van der Waals surface area contributed by atoms with Crippen LogP contribution in [-0.2, 0) is 16.1 Å². The summed E-state index contributed by atoms with van der Waals surface area (Å²) in [7, 11) is 0. The molecule has 0 bridgehead atoms. The number of carbonyl (C=O) groups excluding carboxylic acids is 1. The second-order valence-corrected chi connectivity index (χ2v) is 6.58. The number of hydrogen-bond donors (Lipinski definition) is 1. The highest BCUT2D eigenvalue weighted by atomic mass is 16.4. The van der Waals surface area contributed by atoms with Crippen molar-refractivity contribution in [2.24, 2.45) is 5.92 Å². The number of amides is 1. The van der Waals surface area contributed by atoms with Gasteiger partial charge in [-0.1, -0.05) is 30.3 Å². The summed E-state index contributed by atoms with van der Waals surface area (Å²) in [6, 6.07) is 10.1. The Balaban J connectivity index is 1.64. The molecule has 0 aromatic heterocycles. The third-order valence-corrected chi connectivity index (χ3v) is 4.96. The number of hydrogen-bond acceptors (Lipinski definition) is 3. The summed E-state index contributed by atoms with van der Waals surface area (Å²) in [4.78, 5) is 28.1. The molecule has 0 spiro atoms. The average Bonchev–Trinajstić information content (AvgIpc) is 3.03. The molecule has 1 aromatic rings. The van der Waals surface area contributed by atoms with Crippen molar-refractivity contribution in [1.29, 1.82) is 0 Å². The van der Waals surface area contributed by atoms with E-state index in [0.717, 1.165) is 32.4 Å². The van der Waals surface area contributed by atoms with E-state index in [-0.39, 0.29) is 11.9 Å². The van der Waals surface area contributed by atoms with Crippen molar-refractivity contribution in [1.82, 2.24) is 9.80 Å². The van der Waals surface area contributed by atoms with E-state index in [1.54, 1.807) is 4.90 Å². The SMILES string of the molecule is O=C(O)[C@@H]1CCCN(C(=O)[C@H]2CCCN2Cc2ccccc2)C1. The fourth-order valence-electron chi connectivity index (χ4n) is 3.70. The Morgan fingerprint density at radius 2 is 1.83 bits per heavy atom. The number of carboxylic acids is 1. The number of carboxylic acid groups (broad SMARTS) is 1. The van der Waals surface area contributed by atoms with Gasteiger partial charge in [-0.05, 0) is 37.8 Å². The van der Waals surface area contributed by atoms with Crippen LogP contribution < -0.4 is 0 Å². The van der Waals surface area contributed by atoms with Gasteiger partial charge in [-0.25, -0.2) is 0 Å². The van der Waals surface area contributed by atoms with E-state index < -0.39 is 11.9 Å². The molecule has 1 amide bonds. The summed E-state index contributed by atoms with van der Waals surface area (Å²) in [6.07, 6.45) is 3.37. The van der Waals surface area contributed by atoms with E-state index >= 15 is 0 Å². The van der Waals surface area contributed by atoms with Crippen molar-refractivity contribution >= 4 is 11.9 Å². The molecule has 2 heterocycles. The Hall–Kier alpha value is -1.88. The third kappa shape index (κ3) is 3.72. The number of rotatable bonds is 4. The normalized spacial score (nSPS) is 25.5. The number of nitrogens with zero attached hydrogens (tertiary/aromatic N) is 2.